The van der Waals surface area contributed by atoms with E-state index in [1.54, 1.807) is 42.5 Å². The summed E-state index contributed by atoms with van der Waals surface area (Å²) in [5.74, 6) is -0.794. The van der Waals surface area contributed by atoms with Gasteiger partial charge in [0.25, 0.3) is 15.9 Å². The van der Waals surface area contributed by atoms with Crippen molar-refractivity contribution in [1.82, 2.24) is 0 Å². The van der Waals surface area contributed by atoms with E-state index in [4.69, 9.17) is 11.6 Å². The topological polar surface area (TPSA) is 92.8 Å². The standard InChI is InChI=1S/C23H19ClN2O5S/c1-31-23(28)15-2-7-19(8-3-15)25-22(27)17-4-11-21-16(14-17)12-13-26(21)32(29,30)20-9-5-18(24)6-10-20/h2-11,14H,12-13H2,1H3,(H,25,27). The Morgan fingerprint density at radius 3 is 2.28 bits per heavy atom. The number of sulfonamides is 1. The van der Waals surface area contributed by atoms with E-state index < -0.39 is 16.0 Å². The highest BCUT2D eigenvalue weighted by Crippen LogP contribution is 2.34. The molecule has 0 bridgehead atoms. The van der Waals surface area contributed by atoms with Crippen molar-refractivity contribution in [2.24, 2.45) is 0 Å². The summed E-state index contributed by atoms with van der Waals surface area (Å²) in [6.45, 7) is 0.292. The van der Waals surface area contributed by atoms with Gasteiger partial charge < -0.3 is 10.1 Å². The van der Waals surface area contributed by atoms with Crippen LogP contribution < -0.4 is 9.62 Å². The second-order valence-corrected chi connectivity index (χ2v) is 9.45. The molecule has 4 rings (SSSR count). The lowest BCUT2D eigenvalue weighted by Gasteiger charge is -2.19. The number of methoxy groups -OCH3 is 1. The molecule has 1 aliphatic rings. The number of hydrogen-bond acceptors (Lipinski definition) is 5. The zero-order valence-corrected chi connectivity index (χ0v) is 18.6. The minimum absolute atomic E-state index is 0.159. The lowest BCUT2D eigenvalue weighted by Crippen LogP contribution is -2.29. The van der Waals surface area contributed by atoms with Gasteiger partial charge in [-0.15, -0.1) is 0 Å². The van der Waals surface area contributed by atoms with Crippen LogP contribution in [-0.4, -0.2) is 33.9 Å². The van der Waals surface area contributed by atoms with Gasteiger partial charge in [-0.2, -0.15) is 0 Å². The fraction of sp³-hybridized carbons (Fsp3) is 0.130. The molecule has 1 N–H and O–H groups in total. The average Bonchev–Trinajstić information content (AvgIpc) is 3.23. The molecule has 0 radical (unpaired) electrons. The third-order valence-electron chi connectivity index (χ3n) is 5.16. The van der Waals surface area contributed by atoms with Crippen molar-refractivity contribution in [2.75, 3.05) is 23.3 Å². The van der Waals surface area contributed by atoms with Crippen molar-refractivity contribution >= 4 is 44.9 Å². The van der Waals surface area contributed by atoms with Crippen LogP contribution in [0.4, 0.5) is 11.4 Å². The van der Waals surface area contributed by atoms with E-state index in [2.05, 4.69) is 10.1 Å². The number of rotatable bonds is 5. The highest BCUT2D eigenvalue weighted by Gasteiger charge is 2.31. The van der Waals surface area contributed by atoms with Crippen LogP contribution in [-0.2, 0) is 21.2 Å². The molecule has 3 aromatic carbocycles. The number of amides is 1. The number of halogens is 1. The summed E-state index contributed by atoms with van der Waals surface area (Å²) in [4.78, 5) is 24.3. The molecule has 32 heavy (non-hydrogen) atoms. The van der Waals surface area contributed by atoms with E-state index in [1.807, 2.05) is 0 Å². The van der Waals surface area contributed by atoms with E-state index in [9.17, 15) is 18.0 Å². The lowest BCUT2D eigenvalue weighted by atomic mass is 10.1. The largest absolute Gasteiger partial charge is 0.465 e. The van der Waals surface area contributed by atoms with Gasteiger partial charge in [0.05, 0.1) is 23.3 Å². The number of carbonyl (C=O) groups excluding carboxylic acids is 2. The molecule has 164 valence electrons. The van der Waals surface area contributed by atoms with Crippen LogP contribution in [0.3, 0.4) is 0 Å². The number of fused-ring (bicyclic) bond motifs is 1. The van der Waals surface area contributed by atoms with Crippen molar-refractivity contribution < 1.29 is 22.7 Å². The van der Waals surface area contributed by atoms with Gasteiger partial charge in [-0.1, -0.05) is 11.6 Å². The van der Waals surface area contributed by atoms with Crippen LogP contribution in [0.1, 0.15) is 26.3 Å². The molecule has 0 saturated carbocycles. The summed E-state index contributed by atoms with van der Waals surface area (Å²) < 4.78 is 32.1. The van der Waals surface area contributed by atoms with Gasteiger partial charge in [-0.25, -0.2) is 13.2 Å². The summed E-state index contributed by atoms with van der Waals surface area (Å²) in [5.41, 5.74) is 2.64. The predicted octanol–water partition coefficient (Wildman–Crippen LogP) is 4.13. The molecule has 7 nitrogen and oxygen atoms in total. The maximum Gasteiger partial charge on any atom is 0.337 e. The van der Waals surface area contributed by atoms with Crippen molar-refractivity contribution in [2.45, 2.75) is 11.3 Å². The minimum Gasteiger partial charge on any atom is -0.465 e. The Bertz CT molecular complexity index is 1290. The number of nitrogens with zero attached hydrogens (tertiary/aromatic N) is 1. The number of ether oxygens (including phenoxy) is 1. The quantitative estimate of drug-likeness (QED) is 0.566. The number of benzene rings is 3. The maximum atomic E-state index is 13.0. The van der Waals surface area contributed by atoms with Gasteiger partial charge in [0.1, 0.15) is 0 Å². The van der Waals surface area contributed by atoms with Gasteiger partial charge in [-0.05, 0) is 78.7 Å². The molecule has 0 unspecified atom stereocenters. The van der Waals surface area contributed by atoms with E-state index in [0.717, 1.165) is 5.56 Å². The van der Waals surface area contributed by atoms with Gasteiger partial charge in [0, 0.05) is 22.8 Å². The first kappa shape index (κ1) is 21.9. The Kier molecular flexibility index (Phi) is 5.90. The Balaban J connectivity index is 1.53. The maximum absolute atomic E-state index is 13.0. The second-order valence-electron chi connectivity index (χ2n) is 7.15. The average molecular weight is 471 g/mol. The summed E-state index contributed by atoms with van der Waals surface area (Å²) in [6.07, 6.45) is 0.497. The van der Waals surface area contributed by atoms with Crippen molar-refractivity contribution in [3.8, 4) is 0 Å². The predicted molar refractivity (Wildman–Crippen MR) is 122 cm³/mol. The van der Waals surface area contributed by atoms with Crippen LogP contribution in [0.15, 0.2) is 71.6 Å². The SMILES string of the molecule is COC(=O)c1ccc(NC(=O)c2ccc3c(c2)CCN3S(=O)(=O)c2ccc(Cl)cc2)cc1. The molecule has 0 saturated heterocycles. The molecule has 0 atom stereocenters. The Labute approximate surface area is 190 Å². The summed E-state index contributed by atoms with van der Waals surface area (Å²) in [6, 6.07) is 17.3. The molecular weight excluding hydrogens is 452 g/mol. The molecule has 3 aromatic rings. The third-order valence-corrected chi connectivity index (χ3v) is 7.24. The smallest absolute Gasteiger partial charge is 0.337 e. The van der Waals surface area contributed by atoms with E-state index in [-0.39, 0.29) is 10.8 Å². The normalized spacial score (nSPS) is 12.9. The monoisotopic (exact) mass is 470 g/mol. The Hall–Kier alpha value is -3.36. The number of carbonyl (C=O) groups is 2. The molecule has 1 heterocycles. The van der Waals surface area contributed by atoms with Gasteiger partial charge in [0.2, 0.25) is 0 Å². The van der Waals surface area contributed by atoms with Crippen LogP contribution >= 0.6 is 11.6 Å². The molecule has 9 heteroatoms. The fourth-order valence-electron chi connectivity index (χ4n) is 3.51. The fourth-order valence-corrected chi connectivity index (χ4v) is 5.14. The summed E-state index contributed by atoms with van der Waals surface area (Å²) in [7, 11) is -2.43. The summed E-state index contributed by atoms with van der Waals surface area (Å²) in [5, 5.41) is 3.23. The minimum atomic E-state index is -3.73. The van der Waals surface area contributed by atoms with Crippen LogP contribution in [0.25, 0.3) is 0 Å². The van der Waals surface area contributed by atoms with E-state index in [1.165, 1.54) is 35.7 Å². The zero-order valence-electron chi connectivity index (χ0n) is 17.0. The van der Waals surface area contributed by atoms with Gasteiger partial charge in [0.15, 0.2) is 0 Å². The Morgan fingerprint density at radius 2 is 1.62 bits per heavy atom. The van der Waals surface area contributed by atoms with E-state index in [0.29, 0.717) is 40.5 Å². The molecule has 1 amide bonds. The van der Waals surface area contributed by atoms with Gasteiger partial charge in [-0.3, -0.25) is 9.10 Å². The van der Waals surface area contributed by atoms with Crippen LogP contribution in [0.5, 0.6) is 0 Å². The molecule has 0 spiro atoms. The van der Waals surface area contributed by atoms with Crippen molar-refractivity contribution in [1.29, 1.82) is 0 Å². The highest BCUT2D eigenvalue weighted by atomic mass is 35.5. The summed E-state index contributed by atoms with van der Waals surface area (Å²) >= 11 is 5.87. The molecular formula is C23H19ClN2O5S. The first-order chi connectivity index (χ1) is 15.3. The third kappa shape index (κ3) is 4.19. The molecule has 1 aliphatic heterocycles. The molecule has 0 fully saturated rings. The molecule has 0 aromatic heterocycles. The van der Waals surface area contributed by atoms with Crippen LogP contribution in [0.2, 0.25) is 5.02 Å². The number of anilines is 2. The highest BCUT2D eigenvalue weighted by molar-refractivity contribution is 7.92. The Morgan fingerprint density at radius 1 is 0.969 bits per heavy atom. The first-order valence-electron chi connectivity index (χ1n) is 9.70. The number of hydrogen-bond donors (Lipinski definition) is 1. The number of esters is 1. The zero-order chi connectivity index (χ0) is 22.9. The first-order valence-corrected chi connectivity index (χ1v) is 11.5. The van der Waals surface area contributed by atoms with Gasteiger partial charge >= 0.3 is 5.97 Å². The second kappa shape index (κ2) is 8.64. The van der Waals surface area contributed by atoms with E-state index >= 15 is 0 Å². The van der Waals surface area contributed by atoms with Crippen molar-refractivity contribution in [3.63, 3.8) is 0 Å². The molecule has 0 aliphatic carbocycles. The van der Waals surface area contributed by atoms with Crippen LogP contribution in [0, 0.1) is 0 Å². The van der Waals surface area contributed by atoms with Crippen molar-refractivity contribution in [3.05, 3.63) is 88.4 Å². The lowest BCUT2D eigenvalue weighted by molar-refractivity contribution is 0.0600. The number of nitrogens with one attached hydrogen (secondary N) is 1.